The molecule has 2 heterocycles. The van der Waals surface area contributed by atoms with Crippen molar-refractivity contribution in [2.75, 3.05) is 4.90 Å². The predicted molar refractivity (Wildman–Crippen MR) is 209 cm³/mol. The van der Waals surface area contributed by atoms with Crippen LogP contribution < -0.4 is 30.8 Å². The van der Waals surface area contributed by atoms with E-state index in [9.17, 15) is 0 Å². The van der Waals surface area contributed by atoms with E-state index >= 15 is 0 Å². The van der Waals surface area contributed by atoms with Gasteiger partial charge in [-0.05, 0) is 120 Å². The molecule has 0 N–H and O–H groups in total. The molecule has 2 aliphatic heterocycles. The molecule has 0 bridgehead atoms. The van der Waals surface area contributed by atoms with Crippen molar-refractivity contribution in [3.8, 4) is 45.3 Å². The van der Waals surface area contributed by atoms with E-state index in [1.165, 1.54) is 33.4 Å². The quantitative estimate of drug-likeness (QED) is 0.174. The molecule has 50 heavy (non-hydrogen) atoms. The van der Waals surface area contributed by atoms with Gasteiger partial charge in [0.05, 0.1) is 5.69 Å². The van der Waals surface area contributed by atoms with Crippen molar-refractivity contribution in [1.29, 1.82) is 0 Å². The van der Waals surface area contributed by atoms with Crippen molar-refractivity contribution in [1.82, 2.24) is 0 Å². The van der Waals surface area contributed by atoms with Crippen LogP contribution in [0.4, 0.5) is 17.1 Å². The van der Waals surface area contributed by atoms with Gasteiger partial charge >= 0.3 is 0 Å². The summed E-state index contributed by atoms with van der Waals surface area (Å²) in [6, 6.07) is 51.8. The van der Waals surface area contributed by atoms with Crippen LogP contribution in [0.1, 0.15) is 22.3 Å². The minimum absolute atomic E-state index is 0.0394. The topological polar surface area (TPSA) is 21.7 Å². The van der Waals surface area contributed by atoms with Crippen molar-refractivity contribution < 1.29 is 9.47 Å². The van der Waals surface area contributed by atoms with E-state index in [0.717, 1.165) is 67.6 Å². The summed E-state index contributed by atoms with van der Waals surface area (Å²) in [5.41, 5.74) is 16.3. The maximum Gasteiger partial charge on any atom is 0.260 e. The van der Waals surface area contributed by atoms with Gasteiger partial charge in [-0.1, -0.05) is 97.1 Å². The molecule has 9 rings (SSSR count). The summed E-state index contributed by atoms with van der Waals surface area (Å²) in [5, 5.41) is 0. The lowest BCUT2D eigenvalue weighted by atomic mass is 9.34. The van der Waals surface area contributed by atoms with Gasteiger partial charge in [0.15, 0.2) is 0 Å². The normalized spacial score (nSPS) is 12.3. The lowest BCUT2D eigenvalue weighted by Gasteiger charge is -2.35. The molecular formula is C46H36BNO2. The second-order valence-corrected chi connectivity index (χ2v) is 13.5. The van der Waals surface area contributed by atoms with E-state index in [1.807, 2.05) is 0 Å². The molecule has 0 aliphatic carbocycles. The van der Waals surface area contributed by atoms with E-state index < -0.39 is 0 Å². The second kappa shape index (κ2) is 11.9. The van der Waals surface area contributed by atoms with Crippen LogP contribution in [0.15, 0.2) is 146 Å². The first-order valence-corrected chi connectivity index (χ1v) is 17.3. The van der Waals surface area contributed by atoms with Gasteiger partial charge in [-0.25, -0.2) is 0 Å². The largest absolute Gasteiger partial charge is 0.458 e. The minimum Gasteiger partial charge on any atom is -0.458 e. The summed E-state index contributed by atoms with van der Waals surface area (Å²) < 4.78 is 13.9. The summed E-state index contributed by atoms with van der Waals surface area (Å²) >= 11 is 0. The van der Waals surface area contributed by atoms with Gasteiger partial charge in [-0.3, -0.25) is 0 Å². The summed E-state index contributed by atoms with van der Waals surface area (Å²) in [5.74, 6) is 3.39. The highest BCUT2D eigenvalue weighted by molar-refractivity contribution is 6.98. The number of rotatable bonds is 5. The number of ether oxygens (including phenoxy) is 2. The van der Waals surface area contributed by atoms with E-state index in [0.29, 0.717) is 0 Å². The third kappa shape index (κ3) is 4.90. The molecule has 7 aromatic rings. The maximum absolute atomic E-state index is 6.96. The Morgan fingerprint density at radius 3 is 1.24 bits per heavy atom. The number of para-hydroxylation sites is 2. The van der Waals surface area contributed by atoms with Crippen molar-refractivity contribution in [3.05, 3.63) is 168 Å². The zero-order chi connectivity index (χ0) is 33.9. The molecule has 0 amide bonds. The average molecular weight is 646 g/mol. The summed E-state index contributed by atoms with van der Waals surface area (Å²) in [6.45, 7) is 8.69. The van der Waals surface area contributed by atoms with Crippen LogP contribution in [-0.2, 0) is 0 Å². The Labute approximate surface area is 294 Å². The van der Waals surface area contributed by atoms with Gasteiger partial charge in [0.1, 0.15) is 23.0 Å². The van der Waals surface area contributed by atoms with Crippen molar-refractivity contribution in [2.24, 2.45) is 0 Å². The molecule has 0 fully saturated rings. The third-order valence-electron chi connectivity index (χ3n) is 10.3. The molecule has 240 valence electrons. The molecule has 0 spiro atoms. The zero-order valence-corrected chi connectivity index (χ0v) is 28.7. The van der Waals surface area contributed by atoms with Gasteiger partial charge < -0.3 is 14.4 Å². The van der Waals surface area contributed by atoms with Crippen LogP contribution in [-0.4, -0.2) is 6.71 Å². The third-order valence-corrected chi connectivity index (χ3v) is 10.3. The zero-order valence-electron chi connectivity index (χ0n) is 28.7. The van der Waals surface area contributed by atoms with Crippen LogP contribution in [0.25, 0.3) is 22.3 Å². The van der Waals surface area contributed by atoms with Gasteiger partial charge in [0.25, 0.3) is 6.71 Å². The Kier molecular flexibility index (Phi) is 7.13. The van der Waals surface area contributed by atoms with Crippen molar-refractivity contribution >= 4 is 40.2 Å². The molecule has 0 atom stereocenters. The number of aryl methyl sites for hydroxylation is 4. The summed E-state index contributed by atoms with van der Waals surface area (Å²) in [7, 11) is 0. The van der Waals surface area contributed by atoms with Crippen LogP contribution in [0.5, 0.6) is 23.0 Å². The van der Waals surface area contributed by atoms with Crippen LogP contribution in [0.2, 0.25) is 0 Å². The highest BCUT2D eigenvalue weighted by Gasteiger charge is 2.41. The lowest BCUT2D eigenvalue weighted by Crippen LogP contribution is -2.57. The number of anilines is 3. The number of hydrogen-bond donors (Lipinski definition) is 0. The van der Waals surface area contributed by atoms with Gasteiger partial charge in [0, 0.05) is 29.0 Å². The fourth-order valence-corrected chi connectivity index (χ4v) is 8.06. The van der Waals surface area contributed by atoms with Gasteiger partial charge in [-0.15, -0.1) is 0 Å². The predicted octanol–water partition coefficient (Wildman–Crippen LogP) is 10.5. The molecule has 0 saturated carbocycles. The highest BCUT2D eigenvalue weighted by atomic mass is 16.5. The Morgan fingerprint density at radius 1 is 0.400 bits per heavy atom. The van der Waals surface area contributed by atoms with Crippen molar-refractivity contribution in [3.63, 3.8) is 0 Å². The first-order chi connectivity index (χ1) is 24.4. The number of benzene rings is 7. The summed E-state index contributed by atoms with van der Waals surface area (Å²) in [4.78, 5) is 2.27. The number of fused-ring (bicyclic) bond motifs is 4. The first kappa shape index (κ1) is 30.1. The van der Waals surface area contributed by atoms with Crippen LogP contribution >= 0.6 is 0 Å². The van der Waals surface area contributed by atoms with Gasteiger partial charge in [-0.2, -0.15) is 0 Å². The van der Waals surface area contributed by atoms with Gasteiger partial charge in [0.2, 0.25) is 0 Å². The molecule has 4 heteroatoms. The highest BCUT2D eigenvalue weighted by Crippen LogP contribution is 2.44. The van der Waals surface area contributed by atoms with Crippen molar-refractivity contribution in [2.45, 2.75) is 27.7 Å². The molecule has 7 aromatic carbocycles. The van der Waals surface area contributed by atoms with Crippen LogP contribution in [0, 0.1) is 27.7 Å². The Hall–Kier alpha value is -6.00. The molecular weight excluding hydrogens is 609 g/mol. The minimum atomic E-state index is -0.0394. The van der Waals surface area contributed by atoms with E-state index in [4.69, 9.17) is 9.47 Å². The smallest absolute Gasteiger partial charge is 0.260 e. The molecule has 0 aromatic heterocycles. The second-order valence-electron chi connectivity index (χ2n) is 13.5. The SMILES string of the molecule is Cc1cccc(C)c1-c1ccc2c(c1)Oc1cc(N(c3ccccc3)c3ccccc3)cc3c1B2c1ccc(-c2c(C)cccc2C)cc1O3. The fourth-order valence-electron chi connectivity index (χ4n) is 8.06. The molecule has 0 radical (unpaired) electrons. The molecule has 2 aliphatic rings. The maximum atomic E-state index is 6.96. The number of hydrogen-bond acceptors (Lipinski definition) is 3. The molecule has 3 nitrogen and oxygen atoms in total. The van der Waals surface area contributed by atoms with Crippen LogP contribution in [0.3, 0.4) is 0 Å². The Morgan fingerprint density at radius 2 is 0.820 bits per heavy atom. The molecule has 0 unspecified atom stereocenters. The lowest BCUT2D eigenvalue weighted by molar-refractivity contribution is 0.465. The first-order valence-electron chi connectivity index (χ1n) is 17.3. The summed E-state index contributed by atoms with van der Waals surface area (Å²) in [6.07, 6.45) is 0. The fraction of sp³-hybridized carbons (Fsp3) is 0.0870. The molecule has 0 saturated heterocycles. The Bertz CT molecular complexity index is 2230. The standard InChI is InChI=1S/C46H36BNO2/c1-29-13-11-14-30(2)44(29)33-21-23-38-40(25-33)49-42-27-37(48(35-17-7-5-8-18-35)36-19-9-6-10-20-36)28-43-46(42)47(38)39-24-22-34(26-41(39)50-43)45-31(3)15-12-16-32(45)4/h5-28H,1-4H3. The van der Waals surface area contributed by atoms with E-state index in [1.54, 1.807) is 0 Å². The number of nitrogens with zero attached hydrogens (tertiary/aromatic N) is 1. The van der Waals surface area contributed by atoms with E-state index in [2.05, 4.69) is 178 Å². The monoisotopic (exact) mass is 645 g/mol. The Balaban J connectivity index is 1.27. The average Bonchev–Trinajstić information content (AvgIpc) is 3.12. The van der Waals surface area contributed by atoms with E-state index in [-0.39, 0.29) is 6.71 Å².